The molecule has 0 spiro atoms. The van der Waals surface area contributed by atoms with Gasteiger partial charge in [-0.05, 0) is 23.8 Å². The number of pyridine rings is 1. The first-order valence-corrected chi connectivity index (χ1v) is 6.43. The summed E-state index contributed by atoms with van der Waals surface area (Å²) in [5.41, 5.74) is 2.46. The van der Waals surface area contributed by atoms with Crippen LogP contribution in [0.3, 0.4) is 0 Å². The van der Waals surface area contributed by atoms with Gasteiger partial charge >= 0.3 is 5.97 Å². The van der Waals surface area contributed by atoms with Crippen LogP contribution in [0.4, 0.5) is 5.82 Å². The number of carboxylic acids is 1. The quantitative estimate of drug-likeness (QED) is 0.837. The van der Waals surface area contributed by atoms with Crippen LogP contribution in [0.15, 0.2) is 12.1 Å². The molecule has 16 heavy (non-hydrogen) atoms. The van der Waals surface area contributed by atoms with E-state index in [2.05, 4.69) is 16.4 Å². The van der Waals surface area contributed by atoms with Crippen molar-refractivity contribution in [2.75, 3.05) is 17.6 Å². The van der Waals surface area contributed by atoms with Crippen molar-refractivity contribution in [3.8, 4) is 0 Å². The summed E-state index contributed by atoms with van der Waals surface area (Å²) < 4.78 is 0. The number of hydrogen-bond donors (Lipinski definition) is 2. The molecule has 4 nitrogen and oxygen atoms in total. The SMILES string of the molecule is O=C(O)CCNc1ccc2c(n1)CSCC2. The van der Waals surface area contributed by atoms with Gasteiger partial charge in [0.25, 0.3) is 0 Å². The van der Waals surface area contributed by atoms with Gasteiger partial charge in [0, 0.05) is 12.3 Å². The van der Waals surface area contributed by atoms with Crippen molar-refractivity contribution in [1.82, 2.24) is 4.98 Å². The van der Waals surface area contributed by atoms with E-state index in [-0.39, 0.29) is 6.42 Å². The van der Waals surface area contributed by atoms with E-state index in [9.17, 15) is 4.79 Å². The molecule has 5 heteroatoms. The van der Waals surface area contributed by atoms with E-state index in [4.69, 9.17) is 5.11 Å². The number of aryl methyl sites for hydroxylation is 1. The van der Waals surface area contributed by atoms with Gasteiger partial charge in [-0.2, -0.15) is 11.8 Å². The van der Waals surface area contributed by atoms with Gasteiger partial charge < -0.3 is 10.4 Å². The molecule has 0 bridgehead atoms. The van der Waals surface area contributed by atoms with Crippen molar-refractivity contribution in [1.29, 1.82) is 0 Å². The molecule has 0 radical (unpaired) electrons. The molecule has 1 aromatic rings. The lowest BCUT2D eigenvalue weighted by Crippen LogP contribution is -2.11. The molecule has 2 heterocycles. The predicted octanol–water partition coefficient (Wildman–Crippen LogP) is 1.76. The van der Waals surface area contributed by atoms with Crippen LogP contribution in [0.25, 0.3) is 0 Å². The average Bonchev–Trinajstić information content (AvgIpc) is 2.28. The Hall–Kier alpha value is -1.23. The summed E-state index contributed by atoms with van der Waals surface area (Å²) in [5, 5.41) is 11.5. The Labute approximate surface area is 98.5 Å². The summed E-state index contributed by atoms with van der Waals surface area (Å²) in [7, 11) is 0. The predicted molar refractivity (Wildman–Crippen MR) is 64.8 cm³/mol. The molecular formula is C11H14N2O2S. The Morgan fingerprint density at radius 3 is 3.25 bits per heavy atom. The lowest BCUT2D eigenvalue weighted by molar-refractivity contribution is -0.136. The molecule has 0 saturated carbocycles. The molecule has 2 N–H and O–H groups in total. The van der Waals surface area contributed by atoms with Crippen LogP contribution in [-0.4, -0.2) is 28.4 Å². The van der Waals surface area contributed by atoms with Crippen LogP contribution < -0.4 is 5.32 Å². The van der Waals surface area contributed by atoms with E-state index in [1.165, 1.54) is 11.3 Å². The molecular weight excluding hydrogens is 224 g/mol. The number of anilines is 1. The van der Waals surface area contributed by atoms with E-state index in [0.717, 1.165) is 23.7 Å². The third-order valence-corrected chi connectivity index (χ3v) is 3.44. The topological polar surface area (TPSA) is 62.2 Å². The second-order valence-electron chi connectivity index (χ2n) is 3.68. The van der Waals surface area contributed by atoms with Crippen molar-refractivity contribution >= 4 is 23.5 Å². The van der Waals surface area contributed by atoms with E-state index >= 15 is 0 Å². The minimum Gasteiger partial charge on any atom is -0.481 e. The van der Waals surface area contributed by atoms with Crippen molar-refractivity contribution in [2.24, 2.45) is 0 Å². The molecule has 0 aromatic carbocycles. The van der Waals surface area contributed by atoms with Gasteiger partial charge in [0.15, 0.2) is 0 Å². The molecule has 0 amide bonds. The summed E-state index contributed by atoms with van der Waals surface area (Å²) in [6.45, 7) is 0.425. The number of hydrogen-bond acceptors (Lipinski definition) is 4. The Balaban J connectivity index is 1.97. The highest BCUT2D eigenvalue weighted by Crippen LogP contribution is 2.24. The second kappa shape index (κ2) is 5.21. The lowest BCUT2D eigenvalue weighted by Gasteiger charge is -2.15. The number of rotatable bonds is 4. The molecule has 0 unspecified atom stereocenters. The smallest absolute Gasteiger partial charge is 0.305 e. The largest absolute Gasteiger partial charge is 0.481 e. The fraction of sp³-hybridized carbons (Fsp3) is 0.455. The number of aromatic nitrogens is 1. The van der Waals surface area contributed by atoms with Crippen molar-refractivity contribution in [3.05, 3.63) is 23.4 Å². The van der Waals surface area contributed by atoms with Gasteiger partial charge in [0.05, 0.1) is 12.1 Å². The zero-order chi connectivity index (χ0) is 11.4. The van der Waals surface area contributed by atoms with E-state index < -0.39 is 5.97 Å². The summed E-state index contributed by atoms with van der Waals surface area (Å²) in [4.78, 5) is 14.8. The van der Waals surface area contributed by atoms with Crippen molar-refractivity contribution < 1.29 is 9.90 Å². The van der Waals surface area contributed by atoms with Crippen LogP contribution in [-0.2, 0) is 17.0 Å². The molecule has 0 fully saturated rings. The van der Waals surface area contributed by atoms with Gasteiger partial charge in [-0.1, -0.05) is 6.07 Å². The maximum Gasteiger partial charge on any atom is 0.305 e. The monoisotopic (exact) mass is 238 g/mol. The first kappa shape index (κ1) is 11.3. The molecule has 1 aromatic heterocycles. The summed E-state index contributed by atoms with van der Waals surface area (Å²) >= 11 is 1.89. The molecule has 86 valence electrons. The number of fused-ring (bicyclic) bond motifs is 1. The van der Waals surface area contributed by atoms with Crippen LogP contribution in [0.5, 0.6) is 0 Å². The first-order chi connectivity index (χ1) is 7.75. The number of thioether (sulfide) groups is 1. The fourth-order valence-corrected chi connectivity index (χ4v) is 2.58. The fourth-order valence-electron chi connectivity index (χ4n) is 1.63. The van der Waals surface area contributed by atoms with Crippen LogP contribution >= 0.6 is 11.8 Å². The average molecular weight is 238 g/mol. The molecule has 1 aliphatic heterocycles. The van der Waals surface area contributed by atoms with Gasteiger partial charge in [-0.25, -0.2) is 4.98 Å². The third-order valence-electron chi connectivity index (χ3n) is 2.47. The normalized spacial score (nSPS) is 14.2. The zero-order valence-electron chi connectivity index (χ0n) is 8.90. The highest BCUT2D eigenvalue weighted by molar-refractivity contribution is 7.98. The summed E-state index contributed by atoms with van der Waals surface area (Å²) in [6, 6.07) is 4.02. The highest BCUT2D eigenvalue weighted by atomic mass is 32.2. The number of carboxylic acid groups (broad SMARTS) is 1. The molecule has 2 rings (SSSR count). The number of carbonyl (C=O) groups is 1. The van der Waals surface area contributed by atoms with Gasteiger partial charge in [-0.15, -0.1) is 0 Å². The molecule has 0 atom stereocenters. The Kier molecular flexibility index (Phi) is 3.66. The van der Waals surface area contributed by atoms with Crippen molar-refractivity contribution in [3.63, 3.8) is 0 Å². The highest BCUT2D eigenvalue weighted by Gasteiger charge is 2.11. The standard InChI is InChI=1S/C11H14N2O2S/c14-11(15)3-5-12-10-2-1-8-4-6-16-7-9(8)13-10/h1-2H,3-7H2,(H,12,13)(H,14,15). The maximum atomic E-state index is 10.4. The lowest BCUT2D eigenvalue weighted by atomic mass is 10.1. The molecule has 1 aliphatic rings. The molecule has 0 saturated heterocycles. The van der Waals surface area contributed by atoms with E-state index in [0.29, 0.717) is 6.54 Å². The Bertz CT molecular complexity index is 396. The maximum absolute atomic E-state index is 10.4. The number of aliphatic carboxylic acids is 1. The first-order valence-electron chi connectivity index (χ1n) is 5.28. The van der Waals surface area contributed by atoms with E-state index in [1.54, 1.807) is 0 Å². The van der Waals surface area contributed by atoms with Crippen LogP contribution in [0.1, 0.15) is 17.7 Å². The molecule has 0 aliphatic carbocycles. The van der Waals surface area contributed by atoms with Crippen LogP contribution in [0, 0.1) is 0 Å². The number of nitrogens with one attached hydrogen (secondary N) is 1. The Morgan fingerprint density at radius 2 is 2.44 bits per heavy atom. The van der Waals surface area contributed by atoms with Gasteiger partial charge in [0.2, 0.25) is 0 Å². The third kappa shape index (κ3) is 2.88. The van der Waals surface area contributed by atoms with Crippen molar-refractivity contribution in [2.45, 2.75) is 18.6 Å². The summed E-state index contributed by atoms with van der Waals surface area (Å²) in [5.74, 6) is 2.12. The van der Waals surface area contributed by atoms with Gasteiger partial charge in [-0.3, -0.25) is 4.79 Å². The second-order valence-corrected chi connectivity index (χ2v) is 4.78. The minimum atomic E-state index is -0.791. The summed E-state index contributed by atoms with van der Waals surface area (Å²) in [6.07, 6.45) is 1.20. The Morgan fingerprint density at radius 1 is 1.56 bits per heavy atom. The van der Waals surface area contributed by atoms with Crippen LogP contribution in [0.2, 0.25) is 0 Å². The number of nitrogens with zero attached hydrogens (tertiary/aromatic N) is 1. The van der Waals surface area contributed by atoms with E-state index in [1.807, 2.05) is 17.8 Å². The zero-order valence-corrected chi connectivity index (χ0v) is 9.72. The van der Waals surface area contributed by atoms with Gasteiger partial charge in [0.1, 0.15) is 5.82 Å². The minimum absolute atomic E-state index is 0.119.